The Morgan fingerprint density at radius 1 is 1.00 bits per heavy atom. The number of benzene rings is 2. The van der Waals surface area contributed by atoms with Gasteiger partial charge in [0.05, 0.1) is 0 Å². The second-order valence-corrected chi connectivity index (χ2v) is 5.92. The summed E-state index contributed by atoms with van der Waals surface area (Å²) in [5, 5.41) is 5.92. The van der Waals surface area contributed by atoms with Crippen LogP contribution in [-0.2, 0) is 16.1 Å². The molecular formula is C16H14BrClN2O2. The standard InChI is InChI=1S/C16H14BrClN2O2/c17-12-5-7-13(8-6-12)20-16(22)9-15(21)19-10-11-3-1-2-4-14(11)18/h1-8H,9-10H2,(H,19,21)(H,20,22). The number of hydrogen-bond donors (Lipinski definition) is 2. The molecule has 0 radical (unpaired) electrons. The SMILES string of the molecule is O=C(CC(=O)Nc1ccc(Br)cc1)NCc1ccccc1Cl. The van der Waals surface area contributed by atoms with Crippen molar-refractivity contribution in [2.45, 2.75) is 13.0 Å². The Hall–Kier alpha value is -1.85. The van der Waals surface area contributed by atoms with Crippen LogP contribution >= 0.6 is 27.5 Å². The molecule has 4 nitrogen and oxygen atoms in total. The molecule has 114 valence electrons. The number of carbonyl (C=O) groups excluding carboxylic acids is 2. The maximum absolute atomic E-state index is 11.8. The fourth-order valence-electron chi connectivity index (χ4n) is 1.78. The third-order valence-corrected chi connectivity index (χ3v) is 3.78. The zero-order chi connectivity index (χ0) is 15.9. The summed E-state index contributed by atoms with van der Waals surface area (Å²) < 4.78 is 0.919. The van der Waals surface area contributed by atoms with Gasteiger partial charge in [-0.2, -0.15) is 0 Å². The molecule has 0 bridgehead atoms. The summed E-state index contributed by atoms with van der Waals surface area (Å²) >= 11 is 9.31. The van der Waals surface area contributed by atoms with Crippen LogP contribution in [0.25, 0.3) is 0 Å². The molecule has 2 N–H and O–H groups in total. The summed E-state index contributed by atoms with van der Waals surface area (Å²) in [7, 11) is 0. The van der Waals surface area contributed by atoms with Gasteiger partial charge in [-0.3, -0.25) is 9.59 Å². The second kappa shape index (κ2) is 7.96. The van der Waals surface area contributed by atoms with Gasteiger partial charge >= 0.3 is 0 Å². The number of halogens is 2. The largest absolute Gasteiger partial charge is 0.352 e. The Labute approximate surface area is 142 Å². The highest BCUT2D eigenvalue weighted by atomic mass is 79.9. The van der Waals surface area contributed by atoms with E-state index in [9.17, 15) is 9.59 Å². The quantitative estimate of drug-likeness (QED) is 0.775. The van der Waals surface area contributed by atoms with Gasteiger partial charge in [-0.1, -0.05) is 45.7 Å². The van der Waals surface area contributed by atoms with Gasteiger partial charge in [0, 0.05) is 21.7 Å². The molecule has 0 aliphatic heterocycles. The lowest BCUT2D eigenvalue weighted by Gasteiger charge is -2.08. The van der Waals surface area contributed by atoms with E-state index in [1.807, 2.05) is 30.3 Å². The molecule has 2 rings (SSSR count). The predicted molar refractivity (Wildman–Crippen MR) is 90.7 cm³/mol. The first-order valence-corrected chi connectivity index (χ1v) is 7.77. The number of amides is 2. The van der Waals surface area contributed by atoms with E-state index in [4.69, 9.17) is 11.6 Å². The second-order valence-electron chi connectivity index (χ2n) is 4.60. The molecule has 6 heteroatoms. The molecule has 2 amide bonds. The molecule has 0 spiro atoms. The first-order chi connectivity index (χ1) is 10.5. The molecule has 2 aromatic rings. The van der Waals surface area contributed by atoms with Crippen molar-refractivity contribution in [3.63, 3.8) is 0 Å². The molecule has 0 aliphatic rings. The summed E-state index contributed by atoms with van der Waals surface area (Å²) in [5.74, 6) is -0.714. The third-order valence-electron chi connectivity index (χ3n) is 2.88. The van der Waals surface area contributed by atoms with Gasteiger partial charge in [-0.25, -0.2) is 0 Å². The van der Waals surface area contributed by atoms with Gasteiger partial charge < -0.3 is 10.6 Å². The van der Waals surface area contributed by atoms with Gasteiger partial charge in [-0.05, 0) is 35.9 Å². The number of hydrogen-bond acceptors (Lipinski definition) is 2. The minimum Gasteiger partial charge on any atom is -0.352 e. The molecule has 0 fully saturated rings. The van der Waals surface area contributed by atoms with Gasteiger partial charge in [0.1, 0.15) is 6.42 Å². The van der Waals surface area contributed by atoms with Crippen molar-refractivity contribution >= 4 is 45.0 Å². The molecule has 2 aromatic carbocycles. The summed E-state index contributed by atoms with van der Waals surface area (Å²) in [6.07, 6.45) is -0.236. The predicted octanol–water partition coefficient (Wildman–Crippen LogP) is 3.75. The molecule has 0 unspecified atom stereocenters. The molecule has 0 saturated carbocycles. The molecule has 0 heterocycles. The first kappa shape index (κ1) is 16.5. The smallest absolute Gasteiger partial charge is 0.233 e. The zero-order valence-corrected chi connectivity index (χ0v) is 13.9. The van der Waals surface area contributed by atoms with Crippen LogP contribution in [0.4, 0.5) is 5.69 Å². The maximum Gasteiger partial charge on any atom is 0.233 e. The Balaban J connectivity index is 1.80. The van der Waals surface area contributed by atoms with Crippen LogP contribution < -0.4 is 10.6 Å². The van der Waals surface area contributed by atoms with Crippen LogP contribution in [0.5, 0.6) is 0 Å². The van der Waals surface area contributed by atoms with Crippen molar-refractivity contribution in [3.8, 4) is 0 Å². The van der Waals surface area contributed by atoms with E-state index < -0.39 is 0 Å². The van der Waals surface area contributed by atoms with E-state index in [0.717, 1.165) is 10.0 Å². The van der Waals surface area contributed by atoms with Gasteiger partial charge in [0.15, 0.2) is 0 Å². The van der Waals surface area contributed by atoms with Crippen molar-refractivity contribution < 1.29 is 9.59 Å². The Morgan fingerprint density at radius 2 is 1.68 bits per heavy atom. The fraction of sp³-hybridized carbons (Fsp3) is 0.125. The lowest BCUT2D eigenvalue weighted by Crippen LogP contribution is -2.27. The lowest BCUT2D eigenvalue weighted by molar-refractivity contribution is -0.126. The highest BCUT2D eigenvalue weighted by Crippen LogP contribution is 2.15. The Morgan fingerprint density at radius 3 is 2.36 bits per heavy atom. The van der Waals surface area contributed by atoms with E-state index in [0.29, 0.717) is 17.3 Å². The molecule has 0 aliphatic carbocycles. The topological polar surface area (TPSA) is 58.2 Å². The minimum atomic E-state index is -0.362. The average molecular weight is 382 g/mol. The zero-order valence-electron chi connectivity index (χ0n) is 11.6. The van der Waals surface area contributed by atoms with E-state index in [-0.39, 0.29) is 18.2 Å². The normalized spacial score (nSPS) is 10.1. The first-order valence-electron chi connectivity index (χ1n) is 6.60. The number of rotatable bonds is 5. The summed E-state index contributed by atoms with van der Waals surface area (Å²) in [6.45, 7) is 0.296. The summed E-state index contributed by atoms with van der Waals surface area (Å²) in [6, 6.07) is 14.4. The molecule has 0 saturated heterocycles. The number of anilines is 1. The monoisotopic (exact) mass is 380 g/mol. The van der Waals surface area contributed by atoms with Crippen LogP contribution in [0.1, 0.15) is 12.0 Å². The van der Waals surface area contributed by atoms with Gasteiger partial charge in [-0.15, -0.1) is 0 Å². The van der Waals surface area contributed by atoms with Crippen LogP contribution in [0.2, 0.25) is 5.02 Å². The van der Waals surface area contributed by atoms with Crippen LogP contribution in [-0.4, -0.2) is 11.8 Å². The van der Waals surface area contributed by atoms with Crippen molar-refractivity contribution in [3.05, 3.63) is 63.6 Å². The number of carbonyl (C=O) groups is 2. The van der Waals surface area contributed by atoms with Gasteiger partial charge in [0.2, 0.25) is 11.8 Å². The van der Waals surface area contributed by atoms with Crippen molar-refractivity contribution in [2.24, 2.45) is 0 Å². The maximum atomic E-state index is 11.8. The van der Waals surface area contributed by atoms with Crippen LogP contribution in [0.3, 0.4) is 0 Å². The molecule has 22 heavy (non-hydrogen) atoms. The molecular weight excluding hydrogens is 368 g/mol. The third kappa shape index (κ3) is 5.16. The van der Waals surface area contributed by atoms with E-state index in [2.05, 4.69) is 26.6 Å². The fourth-order valence-corrected chi connectivity index (χ4v) is 2.25. The lowest BCUT2D eigenvalue weighted by atomic mass is 10.2. The Bertz CT molecular complexity index is 674. The summed E-state index contributed by atoms with van der Waals surface area (Å²) in [5.41, 5.74) is 1.46. The van der Waals surface area contributed by atoms with E-state index >= 15 is 0 Å². The molecule has 0 atom stereocenters. The average Bonchev–Trinajstić information content (AvgIpc) is 2.49. The van der Waals surface area contributed by atoms with E-state index in [1.54, 1.807) is 18.2 Å². The highest BCUT2D eigenvalue weighted by molar-refractivity contribution is 9.10. The van der Waals surface area contributed by atoms with Crippen molar-refractivity contribution in [1.29, 1.82) is 0 Å². The van der Waals surface area contributed by atoms with E-state index in [1.165, 1.54) is 0 Å². The Kier molecular flexibility index (Phi) is 5.98. The van der Waals surface area contributed by atoms with Crippen molar-refractivity contribution in [1.82, 2.24) is 5.32 Å². The highest BCUT2D eigenvalue weighted by Gasteiger charge is 2.10. The minimum absolute atomic E-state index is 0.236. The van der Waals surface area contributed by atoms with Crippen LogP contribution in [0, 0.1) is 0 Å². The molecule has 0 aromatic heterocycles. The van der Waals surface area contributed by atoms with Crippen LogP contribution in [0.15, 0.2) is 53.0 Å². The number of nitrogens with one attached hydrogen (secondary N) is 2. The summed E-state index contributed by atoms with van der Waals surface area (Å²) in [4.78, 5) is 23.5. The van der Waals surface area contributed by atoms with Crippen molar-refractivity contribution in [2.75, 3.05) is 5.32 Å². The van der Waals surface area contributed by atoms with Gasteiger partial charge in [0.25, 0.3) is 0 Å².